The lowest BCUT2D eigenvalue weighted by atomic mass is 10.2. The third-order valence-corrected chi connectivity index (χ3v) is 4.18. The van der Waals surface area contributed by atoms with Gasteiger partial charge >= 0.3 is 6.09 Å². The predicted molar refractivity (Wildman–Crippen MR) is 99.1 cm³/mol. The summed E-state index contributed by atoms with van der Waals surface area (Å²) in [6.45, 7) is -0.203. The molecule has 0 atom stereocenters. The van der Waals surface area contributed by atoms with Gasteiger partial charge in [-0.15, -0.1) is 0 Å². The fourth-order valence-corrected chi connectivity index (χ4v) is 2.80. The van der Waals surface area contributed by atoms with Crippen LogP contribution >= 0.6 is 15.9 Å². The Morgan fingerprint density at radius 3 is 2.37 bits per heavy atom. The van der Waals surface area contributed by atoms with Crippen LogP contribution < -0.4 is 9.64 Å². The third-order valence-electron chi connectivity index (χ3n) is 3.69. The fraction of sp³-hybridized carbons (Fsp3) is 0.0500. The summed E-state index contributed by atoms with van der Waals surface area (Å²) in [6, 6.07) is 15.4. The minimum atomic E-state index is -1.05. The van der Waals surface area contributed by atoms with Gasteiger partial charge in [0.2, 0.25) is 0 Å². The SMILES string of the molecule is O=C(Oc1cccc(Br)c1)N(Cc1ccc(F)c(F)c1)c1ccccc1F. The van der Waals surface area contributed by atoms with Crippen molar-refractivity contribution in [3.8, 4) is 5.75 Å². The Kier molecular flexibility index (Phi) is 5.81. The summed E-state index contributed by atoms with van der Waals surface area (Å²) in [5.41, 5.74) is 0.241. The lowest BCUT2D eigenvalue weighted by Gasteiger charge is -2.23. The molecule has 0 aromatic heterocycles. The van der Waals surface area contributed by atoms with Crippen LogP contribution in [0.4, 0.5) is 23.7 Å². The van der Waals surface area contributed by atoms with E-state index in [1.165, 1.54) is 24.3 Å². The van der Waals surface area contributed by atoms with E-state index < -0.39 is 23.5 Å². The van der Waals surface area contributed by atoms with Crippen molar-refractivity contribution in [2.45, 2.75) is 6.54 Å². The summed E-state index contributed by atoms with van der Waals surface area (Å²) in [6.07, 6.45) is -0.858. The molecule has 3 nitrogen and oxygen atoms in total. The average Bonchev–Trinajstić information content (AvgIpc) is 2.63. The second kappa shape index (κ2) is 8.26. The number of ether oxygens (including phenoxy) is 1. The minimum absolute atomic E-state index is 0.0396. The van der Waals surface area contributed by atoms with E-state index >= 15 is 0 Å². The quantitative estimate of drug-likeness (QED) is 0.497. The average molecular weight is 436 g/mol. The largest absolute Gasteiger partial charge is 0.420 e. The summed E-state index contributed by atoms with van der Waals surface area (Å²) in [7, 11) is 0. The fourth-order valence-electron chi connectivity index (χ4n) is 2.43. The van der Waals surface area contributed by atoms with Gasteiger partial charge in [-0.05, 0) is 48.0 Å². The number of amides is 1. The van der Waals surface area contributed by atoms with E-state index in [1.807, 2.05) is 0 Å². The van der Waals surface area contributed by atoms with Crippen molar-refractivity contribution in [3.05, 3.63) is 94.2 Å². The molecule has 3 aromatic carbocycles. The molecule has 0 saturated carbocycles. The molecule has 0 saturated heterocycles. The number of halogens is 4. The summed E-state index contributed by atoms with van der Waals surface area (Å²) < 4.78 is 47.0. The van der Waals surface area contributed by atoms with Gasteiger partial charge in [-0.1, -0.05) is 40.2 Å². The molecule has 27 heavy (non-hydrogen) atoms. The third kappa shape index (κ3) is 4.68. The number of hydrogen-bond donors (Lipinski definition) is 0. The molecule has 0 aliphatic rings. The minimum Gasteiger partial charge on any atom is -0.410 e. The lowest BCUT2D eigenvalue weighted by molar-refractivity contribution is 0.207. The maximum atomic E-state index is 14.3. The molecular formula is C20H13BrF3NO2. The molecule has 7 heteroatoms. The Bertz CT molecular complexity index is 981. The number of nitrogens with zero attached hydrogens (tertiary/aromatic N) is 1. The van der Waals surface area contributed by atoms with Crippen molar-refractivity contribution in [3.63, 3.8) is 0 Å². The van der Waals surface area contributed by atoms with Crippen molar-refractivity contribution in [2.24, 2.45) is 0 Å². The molecule has 1 amide bonds. The van der Waals surface area contributed by atoms with Gasteiger partial charge in [0.05, 0.1) is 12.2 Å². The summed E-state index contributed by atoms with van der Waals surface area (Å²) >= 11 is 3.27. The molecule has 3 aromatic rings. The Labute approximate surface area is 162 Å². The lowest BCUT2D eigenvalue weighted by Crippen LogP contribution is -2.33. The Morgan fingerprint density at radius 2 is 1.67 bits per heavy atom. The van der Waals surface area contributed by atoms with E-state index in [0.717, 1.165) is 17.0 Å². The van der Waals surface area contributed by atoms with Gasteiger partial charge in [-0.2, -0.15) is 0 Å². The summed E-state index contributed by atoms with van der Waals surface area (Å²) in [5.74, 6) is -2.46. The van der Waals surface area contributed by atoms with Crippen LogP contribution in [-0.4, -0.2) is 6.09 Å². The number of anilines is 1. The van der Waals surface area contributed by atoms with Crippen LogP contribution in [0.1, 0.15) is 5.56 Å². The topological polar surface area (TPSA) is 29.5 Å². The molecule has 0 heterocycles. The Hall–Kier alpha value is -2.80. The molecule has 0 aliphatic heterocycles. The molecular weight excluding hydrogens is 423 g/mol. The van der Waals surface area contributed by atoms with Crippen molar-refractivity contribution in [2.75, 3.05) is 4.90 Å². The van der Waals surface area contributed by atoms with Crippen LogP contribution in [0.5, 0.6) is 5.75 Å². The zero-order valence-electron chi connectivity index (χ0n) is 13.8. The molecule has 0 fully saturated rings. The number of rotatable bonds is 4. The van der Waals surface area contributed by atoms with E-state index in [2.05, 4.69) is 15.9 Å². The first-order chi connectivity index (χ1) is 12.9. The smallest absolute Gasteiger partial charge is 0.410 e. The van der Waals surface area contributed by atoms with Gasteiger partial charge in [0.1, 0.15) is 11.6 Å². The zero-order chi connectivity index (χ0) is 19.4. The van der Waals surface area contributed by atoms with Gasteiger partial charge in [0.25, 0.3) is 0 Å². The van der Waals surface area contributed by atoms with Crippen molar-refractivity contribution in [1.29, 1.82) is 0 Å². The van der Waals surface area contributed by atoms with E-state index in [9.17, 15) is 18.0 Å². The van der Waals surface area contributed by atoms with Crippen molar-refractivity contribution < 1.29 is 22.7 Å². The van der Waals surface area contributed by atoms with E-state index in [4.69, 9.17) is 4.74 Å². The van der Waals surface area contributed by atoms with E-state index in [1.54, 1.807) is 30.3 Å². The highest BCUT2D eigenvalue weighted by atomic mass is 79.9. The normalized spacial score (nSPS) is 10.5. The van der Waals surface area contributed by atoms with Crippen LogP contribution in [0, 0.1) is 17.5 Å². The highest BCUT2D eigenvalue weighted by Gasteiger charge is 2.22. The van der Waals surface area contributed by atoms with Crippen LogP contribution in [0.25, 0.3) is 0 Å². The predicted octanol–water partition coefficient (Wildman–Crippen LogP) is 6.07. The summed E-state index contributed by atoms with van der Waals surface area (Å²) in [4.78, 5) is 13.7. The second-order valence-electron chi connectivity index (χ2n) is 5.61. The first kappa shape index (κ1) is 19.0. The van der Waals surface area contributed by atoms with Gasteiger partial charge < -0.3 is 4.74 Å². The molecule has 0 N–H and O–H groups in total. The molecule has 0 radical (unpaired) electrons. The van der Waals surface area contributed by atoms with Gasteiger partial charge in [-0.25, -0.2) is 18.0 Å². The van der Waals surface area contributed by atoms with Crippen molar-refractivity contribution >= 4 is 27.7 Å². The standard InChI is InChI=1S/C20H13BrF3NO2/c21-14-4-3-5-15(11-14)27-20(26)25(19-7-2-1-6-17(19)23)12-13-8-9-16(22)18(24)10-13/h1-11H,12H2. The van der Waals surface area contributed by atoms with Crippen LogP contribution in [0.15, 0.2) is 71.2 Å². The molecule has 0 aliphatic carbocycles. The van der Waals surface area contributed by atoms with Crippen LogP contribution in [-0.2, 0) is 6.54 Å². The van der Waals surface area contributed by atoms with Crippen molar-refractivity contribution in [1.82, 2.24) is 0 Å². The number of benzene rings is 3. The molecule has 138 valence electrons. The summed E-state index contributed by atoms with van der Waals surface area (Å²) in [5, 5.41) is 0. The highest BCUT2D eigenvalue weighted by Crippen LogP contribution is 2.25. The first-order valence-electron chi connectivity index (χ1n) is 7.87. The molecule has 0 spiro atoms. The number of para-hydroxylation sites is 1. The maximum Gasteiger partial charge on any atom is 0.420 e. The van der Waals surface area contributed by atoms with Gasteiger partial charge in [0, 0.05) is 4.47 Å². The molecule has 0 unspecified atom stereocenters. The van der Waals surface area contributed by atoms with Crippen LogP contribution in [0.2, 0.25) is 0 Å². The van der Waals surface area contributed by atoms with E-state index in [-0.39, 0.29) is 23.5 Å². The molecule has 0 bridgehead atoms. The van der Waals surface area contributed by atoms with Gasteiger partial charge in [-0.3, -0.25) is 4.90 Å². The maximum absolute atomic E-state index is 14.3. The zero-order valence-corrected chi connectivity index (χ0v) is 15.4. The molecule has 3 rings (SSSR count). The van der Waals surface area contributed by atoms with E-state index in [0.29, 0.717) is 4.47 Å². The first-order valence-corrected chi connectivity index (χ1v) is 8.67. The van der Waals surface area contributed by atoms with Crippen LogP contribution in [0.3, 0.4) is 0 Å². The van der Waals surface area contributed by atoms with Gasteiger partial charge in [0.15, 0.2) is 11.6 Å². The number of hydrogen-bond acceptors (Lipinski definition) is 2. The highest BCUT2D eigenvalue weighted by molar-refractivity contribution is 9.10. The Morgan fingerprint density at radius 1 is 0.889 bits per heavy atom. The monoisotopic (exact) mass is 435 g/mol. The number of carbonyl (C=O) groups excluding carboxylic acids is 1. The number of carbonyl (C=O) groups is 1. The second-order valence-corrected chi connectivity index (χ2v) is 6.53. The Balaban J connectivity index is 1.93.